The molecular weight excluding hydrogens is 468 g/mol. The van der Waals surface area contributed by atoms with Crippen LogP contribution in [0.5, 0.6) is 5.75 Å². The number of rotatable bonds is 8. The van der Waals surface area contributed by atoms with Crippen LogP contribution in [0.4, 0.5) is 0 Å². The van der Waals surface area contributed by atoms with Crippen LogP contribution >= 0.6 is 23.8 Å². The summed E-state index contributed by atoms with van der Waals surface area (Å²) in [5.74, 6) is 2.33. The van der Waals surface area contributed by atoms with Crippen LogP contribution in [0.3, 0.4) is 0 Å². The minimum Gasteiger partial charge on any atom is -0.494 e. The maximum atomic E-state index is 6.17. The summed E-state index contributed by atoms with van der Waals surface area (Å²) in [6.07, 6.45) is 1.01. The Labute approximate surface area is 210 Å². The van der Waals surface area contributed by atoms with E-state index in [0.29, 0.717) is 34.4 Å². The maximum Gasteiger partial charge on any atom is 0.258 e. The van der Waals surface area contributed by atoms with Gasteiger partial charge in [0.25, 0.3) is 5.89 Å². The molecule has 1 aliphatic rings. The van der Waals surface area contributed by atoms with Crippen LogP contribution < -0.4 is 10.1 Å². The molecule has 1 N–H and O–H groups in total. The van der Waals surface area contributed by atoms with Crippen molar-refractivity contribution in [2.45, 2.75) is 40.2 Å². The van der Waals surface area contributed by atoms with E-state index in [4.69, 9.17) is 38.1 Å². The Morgan fingerprint density at radius 1 is 1.21 bits per heavy atom. The third kappa shape index (κ3) is 5.26. The Morgan fingerprint density at radius 3 is 2.65 bits per heavy atom. The van der Waals surface area contributed by atoms with Crippen molar-refractivity contribution in [2.75, 3.05) is 13.2 Å². The second-order valence-corrected chi connectivity index (χ2v) is 9.47. The van der Waals surface area contributed by atoms with Gasteiger partial charge < -0.3 is 19.5 Å². The van der Waals surface area contributed by atoms with E-state index in [1.807, 2.05) is 55.5 Å². The standard InChI is InChI=1S/C26H29ClN4O2S/c1-5-32-21-11-9-18(10-12-21)23-22(17(4)31(26(34)28-23)14-13-16(2)3)25-29-24(30-33-25)19-7-6-8-20(27)15-19/h6-12,15-16,23H,5,13-14H2,1-4H3,(H,28,34). The van der Waals surface area contributed by atoms with E-state index in [-0.39, 0.29) is 6.04 Å². The number of aromatic nitrogens is 2. The summed E-state index contributed by atoms with van der Waals surface area (Å²) in [6.45, 7) is 9.88. The molecule has 2 heterocycles. The van der Waals surface area contributed by atoms with Crippen molar-refractivity contribution < 1.29 is 9.26 Å². The largest absolute Gasteiger partial charge is 0.494 e. The van der Waals surface area contributed by atoms with E-state index >= 15 is 0 Å². The molecule has 3 aromatic rings. The molecule has 178 valence electrons. The molecule has 1 atom stereocenters. The second-order valence-electron chi connectivity index (χ2n) is 8.65. The van der Waals surface area contributed by atoms with Gasteiger partial charge in [0, 0.05) is 22.8 Å². The van der Waals surface area contributed by atoms with E-state index in [1.165, 1.54) is 0 Å². The minimum absolute atomic E-state index is 0.230. The van der Waals surface area contributed by atoms with Crippen LogP contribution in [0.1, 0.15) is 51.6 Å². The SMILES string of the molecule is CCOc1ccc(C2NC(=S)N(CCC(C)C)C(C)=C2c2nc(-c3cccc(Cl)c3)no2)cc1. The van der Waals surface area contributed by atoms with Crippen molar-refractivity contribution in [1.82, 2.24) is 20.4 Å². The van der Waals surface area contributed by atoms with Gasteiger partial charge in [-0.05, 0) is 68.2 Å². The molecule has 0 spiro atoms. The number of benzene rings is 2. The van der Waals surface area contributed by atoms with Gasteiger partial charge in [0.1, 0.15) is 5.75 Å². The highest BCUT2D eigenvalue weighted by Gasteiger charge is 2.34. The van der Waals surface area contributed by atoms with Gasteiger partial charge in [0.15, 0.2) is 5.11 Å². The van der Waals surface area contributed by atoms with Gasteiger partial charge in [0.2, 0.25) is 5.82 Å². The Hall–Kier alpha value is -2.90. The summed E-state index contributed by atoms with van der Waals surface area (Å²) in [6, 6.07) is 15.2. The van der Waals surface area contributed by atoms with Crippen molar-refractivity contribution in [3.8, 4) is 17.1 Å². The molecule has 1 aromatic heterocycles. The molecule has 8 heteroatoms. The highest BCUT2D eigenvalue weighted by atomic mass is 35.5. The molecule has 1 aliphatic heterocycles. The average Bonchev–Trinajstić information content (AvgIpc) is 3.29. The molecule has 0 radical (unpaired) electrons. The topological polar surface area (TPSA) is 63.4 Å². The van der Waals surface area contributed by atoms with Crippen molar-refractivity contribution in [2.24, 2.45) is 5.92 Å². The average molecular weight is 497 g/mol. The maximum absolute atomic E-state index is 6.17. The van der Waals surface area contributed by atoms with Crippen LogP contribution in [0.15, 0.2) is 58.8 Å². The molecule has 0 saturated carbocycles. The molecular formula is C26H29ClN4O2S. The van der Waals surface area contributed by atoms with Gasteiger partial charge in [0.05, 0.1) is 18.2 Å². The number of nitrogens with one attached hydrogen (secondary N) is 1. The Morgan fingerprint density at radius 2 is 1.97 bits per heavy atom. The lowest BCUT2D eigenvalue weighted by Crippen LogP contribution is -2.46. The number of allylic oxidation sites excluding steroid dienone is 1. The fourth-order valence-corrected chi connectivity index (χ4v) is 4.50. The third-order valence-corrected chi connectivity index (χ3v) is 6.36. The molecule has 0 bridgehead atoms. The number of ether oxygens (including phenoxy) is 1. The first-order valence-corrected chi connectivity index (χ1v) is 12.3. The first-order valence-electron chi connectivity index (χ1n) is 11.5. The zero-order valence-electron chi connectivity index (χ0n) is 19.8. The summed E-state index contributed by atoms with van der Waals surface area (Å²) >= 11 is 11.9. The number of hydrogen-bond acceptors (Lipinski definition) is 5. The summed E-state index contributed by atoms with van der Waals surface area (Å²) in [7, 11) is 0. The van der Waals surface area contributed by atoms with E-state index in [2.05, 4.69) is 36.1 Å². The summed E-state index contributed by atoms with van der Waals surface area (Å²) in [5, 5.41) is 9.06. The first kappa shape index (κ1) is 24.2. The number of thiocarbonyl (C=S) groups is 1. The first-order chi connectivity index (χ1) is 16.4. The second kappa shape index (κ2) is 10.6. The smallest absolute Gasteiger partial charge is 0.258 e. The van der Waals surface area contributed by atoms with Crippen LogP contribution in [0, 0.1) is 5.92 Å². The molecule has 0 amide bonds. The minimum atomic E-state index is -0.230. The lowest BCUT2D eigenvalue weighted by atomic mass is 9.94. The molecule has 34 heavy (non-hydrogen) atoms. The molecule has 0 aliphatic carbocycles. The van der Waals surface area contributed by atoms with Crippen LogP contribution in [-0.2, 0) is 0 Å². The molecule has 1 unspecified atom stereocenters. The summed E-state index contributed by atoms with van der Waals surface area (Å²) in [5.41, 5.74) is 3.74. The number of halogens is 1. The predicted octanol–water partition coefficient (Wildman–Crippen LogP) is 6.50. The normalized spacial score (nSPS) is 16.2. The van der Waals surface area contributed by atoms with Gasteiger partial charge in [-0.1, -0.05) is 54.9 Å². The Kier molecular flexibility index (Phi) is 7.54. The van der Waals surface area contributed by atoms with Crippen molar-refractivity contribution in [3.05, 3.63) is 70.7 Å². The highest BCUT2D eigenvalue weighted by Crippen LogP contribution is 2.38. The predicted molar refractivity (Wildman–Crippen MR) is 140 cm³/mol. The van der Waals surface area contributed by atoms with Crippen molar-refractivity contribution in [1.29, 1.82) is 0 Å². The van der Waals surface area contributed by atoms with E-state index in [9.17, 15) is 0 Å². The van der Waals surface area contributed by atoms with E-state index in [1.54, 1.807) is 0 Å². The van der Waals surface area contributed by atoms with Gasteiger partial charge in [-0.2, -0.15) is 4.98 Å². The van der Waals surface area contributed by atoms with E-state index < -0.39 is 0 Å². The molecule has 4 rings (SSSR count). The number of nitrogens with zero attached hydrogens (tertiary/aromatic N) is 3. The van der Waals surface area contributed by atoms with Crippen LogP contribution in [0.25, 0.3) is 17.0 Å². The monoisotopic (exact) mass is 496 g/mol. The molecule has 0 saturated heterocycles. The summed E-state index contributed by atoms with van der Waals surface area (Å²) in [4.78, 5) is 6.87. The fourth-order valence-electron chi connectivity index (χ4n) is 3.97. The quantitative estimate of drug-likeness (QED) is 0.357. The van der Waals surface area contributed by atoms with Gasteiger partial charge in [-0.15, -0.1) is 0 Å². The van der Waals surface area contributed by atoms with Crippen molar-refractivity contribution >= 4 is 34.5 Å². The third-order valence-electron chi connectivity index (χ3n) is 5.79. The van der Waals surface area contributed by atoms with Crippen molar-refractivity contribution in [3.63, 3.8) is 0 Å². The van der Waals surface area contributed by atoms with Crippen LogP contribution in [-0.4, -0.2) is 33.3 Å². The molecule has 2 aromatic carbocycles. The number of hydrogen-bond donors (Lipinski definition) is 1. The van der Waals surface area contributed by atoms with Crippen LogP contribution in [0.2, 0.25) is 5.02 Å². The fraction of sp³-hybridized carbons (Fsp3) is 0.346. The van der Waals surface area contributed by atoms with E-state index in [0.717, 1.165) is 41.1 Å². The van der Waals surface area contributed by atoms with Gasteiger partial charge in [-0.25, -0.2) is 0 Å². The zero-order chi connectivity index (χ0) is 24.2. The molecule has 6 nitrogen and oxygen atoms in total. The zero-order valence-corrected chi connectivity index (χ0v) is 21.4. The molecule has 0 fully saturated rings. The van der Waals surface area contributed by atoms with Gasteiger partial charge in [-0.3, -0.25) is 0 Å². The summed E-state index contributed by atoms with van der Waals surface area (Å²) < 4.78 is 11.4. The Balaban J connectivity index is 1.76. The lowest BCUT2D eigenvalue weighted by molar-refractivity contribution is 0.340. The van der Waals surface area contributed by atoms with Gasteiger partial charge >= 0.3 is 0 Å². The highest BCUT2D eigenvalue weighted by molar-refractivity contribution is 7.80. The Bertz CT molecular complexity index is 1190. The lowest BCUT2D eigenvalue weighted by Gasteiger charge is -2.37.